The predicted molar refractivity (Wildman–Crippen MR) is 118 cm³/mol. The Morgan fingerprint density at radius 1 is 1.07 bits per heavy atom. The molecule has 0 aliphatic carbocycles. The molecule has 0 fully saturated rings. The highest BCUT2D eigenvalue weighted by molar-refractivity contribution is 7.99. The molecule has 0 unspecified atom stereocenters. The van der Waals surface area contributed by atoms with Crippen molar-refractivity contribution in [2.45, 2.75) is 51.7 Å². The van der Waals surface area contributed by atoms with E-state index in [9.17, 15) is 4.79 Å². The van der Waals surface area contributed by atoms with Crippen molar-refractivity contribution >= 4 is 23.4 Å². The zero-order valence-corrected chi connectivity index (χ0v) is 18.0. The smallest absolute Gasteiger partial charge is 0.234 e. The molecule has 2 aromatic heterocycles. The minimum atomic E-state index is -0.0282. The normalized spacial score (nSPS) is 10.9. The van der Waals surface area contributed by atoms with Crippen molar-refractivity contribution in [2.24, 2.45) is 0 Å². The Balaban J connectivity index is 1.74. The molecular formula is C22H27N5OS. The number of nitrogens with zero attached hydrogens (tertiary/aromatic N) is 4. The van der Waals surface area contributed by atoms with Crippen molar-refractivity contribution in [3.8, 4) is 11.4 Å². The second kappa shape index (κ2) is 10.2. The maximum Gasteiger partial charge on any atom is 0.234 e. The van der Waals surface area contributed by atoms with Crippen LogP contribution in [0.4, 0.5) is 5.69 Å². The molecule has 3 aromatic rings. The van der Waals surface area contributed by atoms with Crippen LogP contribution >= 0.6 is 11.8 Å². The van der Waals surface area contributed by atoms with E-state index in [4.69, 9.17) is 0 Å². The zero-order chi connectivity index (χ0) is 20.6. The van der Waals surface area contributed by atoms with E-state index in [0.717, 1.165) is 59.2 Å². The standard InChI is InChI=1S/C22H27N5OS/c1-4-13-27-21(18-11-8-12-23-14-18)25-26-22(27)29-15-19(28)24-20-16(5-2)9-7-10-17(20)6-3/h7-12,14H,4-6,13,15H2,1-3H3,(H,24,28). The first-order valence-corrected chi connectivity index (χ1v) is 11.0. The number of nitrogens with one attached hydrogen (secondary N) is 1. The number of benzene rings is 1. The molecule has 1 amide bonds. The van der Waals surface area contributed by atoms with Gasteiger partial charge in [-0.25, -0.2) is 0 Å². The van der Waals surface area contributed by atoms with Crippen LogP contribution in [0.2, 0.25) is 0 Å². The average Bonchev–Trinajstić information content (AvgIpc) is 3.16. The van der Waals surface area contributed by atoms with E-state index < -0.39 is 0 Å². The molecule has 0 bridgehead atoms. The largest absolute Gasteiger partial charge is 0.325 e. The molecule has 152 valence electrons. The number of hydrogen-bond donors (Lipinski definition) is 1. The molecule has 29 heavy (non-hydrogen) atoms. The topological polar surface area (TPSA) is 72.7 Å². The molecule has 0 saturated heterocycles. The molecule has 0 radical (unpaired) electrons. The lowest BCUT2D eigenvalue weighted by atomic mass is 10.0. The van der Waals surface area contributed by atoms with Gasteiger partial charge in [-0.3, -0.25) is 9.78 Å². The highest BCUT2D eigenvalue weighted by atomic mass is 32.2. The lowest BCUT2D eigenvalue weighted by Crippen LogP contribution is -2.17. The quantitative estimate of drug-likeness (QED) is 0.523. The molecular weight excluding hydrogens is 382 g/mol. The number of thioether (sulfide) groups is 1. The fourth-order valence-corrected chi connectivity index (χ4v) is 4.00. The van der Waals surface area contributed by atoms with Gasteiger partial charge in [0.2, 0.25) is 5.91 Å². The maximum absolute atomic E-state index is 12.7. The van der Waals surface area contributed by atoms with Gasteiger partial charge in [-0.1, -0.05) is 50.7 Å². The average molecular weight is 410 g/mol. The molecule has 0 aliphatic rings. The van der Waals surface area contributed by atoms with Gasteiger partial charge in [0.25, 0.3) is 0 Å². The summed E-state index contributed by atoms with van der Waals surface area (Å²) in [6.07, 6.45) is 6.24. The van der Waals surface area contributed by atoms with Crippen LogP contribution in [0.3, 0.4) is 0 Å². The molecule has 6 nitrogen and oxygen atoms in total. The van der Waals surface area contributed by atoms with E-state index in [-0.39, 0.29) is 11.7 Å². The molecule has 2 heterocycles. The molecule has 0 spiro atoms. The van der Waals surface area contributed by atoms with Gasteiger partial charge in [-0.2, -0.15) is 0 Å². The lowest BCUT2D eigenvalue weighted by Gasteiger charge is -2.14. The third-order valence-corrected chi connectivity index (χ3v) is 5.65. The van der Waals surface area contributed by atoms with Crippen LogP contribution in [0.15, 0.2) is 47.9 Å². The molecule has 0 aliphatic heterocycles. The third-order valence-electron chi connectivity index (χ3n) is 4.68. The Bertz CT molecular complexity index is 933. The molecule has 3 rings (SSSR count). The minimum Gasteiger partial charge on any atom is -0.325 e. The Kier molecular flexibility index (Phi) is 7.41. The van der Waals surface area contributed by atoms with Gasteiger partial charge in [-0.15, -0.1) is 10.2 Å². The van der Waals surface area contributed by atoms with Crippen molar-refractivity contribution in [1.29, 1.82) is 0 Å². The first-order chi connectivity index (χ1) is 14.2. The van der Waals surface area contributed by atoms with E-state index in [0.29, 0.717) is 0 Å². The Morgan fingerprint density at radius 2 is 1.83 bits per heavy atom. The first kappa shape index (κ1) is 21.0. The minimum absolute atomic E-state index is 0.0282. The number of aromatic nitrogens is 4. The number of rotatable bonds is 9. The number of aryl methyl sites for hydroxylation is 2. The summed E-state index contributed by atoms with van der Waals surface area (Å²) >= 11 is 1.41. The van der Waals surface area contributed by atoms with Gasteiger partial charge in [-0.05, 0) is 42.5 Å². The number of hydrogen-bond acceptors (Lipinski definition) is 5. The summed E-state index contributed by atoms with van der Waals surface area (Å²) in [7, 11) is 0. The number of pyridine rings is 1. The third kappa shape index (κ3) is 5.03. The maximum atomic E-state index is 12.7. The molecule has 7 heteroatoms. The van der Waals surface area contributed by atoms with Gasteiger partial charge >= 0.3 is 0 Å². The molecule has 1 aromatic carbocycles. The monoisotopic (exact) mass is 409 g/mol. The van der Waals surface area contributed by atoms with E-state index in [1.807, 2.05) is 12.1 Å². The highest BCUT2D eigenvalue weighted by Crippen LogP contribution is 2.26. The van der Waals surface area contributed by atoms with E-state index in [1.54, 1.807) is 12.4 Å². The van der Waals surface area contributed by atoms with Crippen LogP contribution < -0.4 is 5.32 Å². The van der Waals surface area contributed by atoms with E-state index in [2.05, 4.69) is 64.0 Å². The summed E-state index contributed by atoms with van der Waals surface area (Å²) in [6.45, 7) is 7.11. The zero-order valence-electron chi connectivity index (χ0n) is 17.2. The number of carbonyl (C=O) groups is 1. The van der Waals surface area contributed by atoms with Crippen LogP contribution in [0, 0.1) is 0 Å². The summed E-state index contributed by atoms with van der Waals surface area (Å²) < 4.78 is 2.06. The highest BCUT2D eigenvalue weighted by Gasteiger charge is 2.16. The second-order valence-corrected chi connectivity index (χ2v) is 7.64. The number of carbonyl (C=O) groups excluding carboxylic acids is 1. The summed E-state index contributed by atoms with van der Waals surface area (Å²) in [6, 6.07) is 10.0. The van der Waals surface area contributed by atoms with Crippen LogP contribution in [-0.2, 0) is 24.2 Å². The first-order valence-electron chi connectivity index (χ1n) is 10.0. The van der Waals surface area contributed by atoms with Crippen molar-refractivity contribution < 1.29 is 4.79 Å². The molecule has 0 saturated carbocycles. The predicted octanol–water partition coefficient (Wildman–Crippen LogP) is 4.61. The number of para-hydroxylation sites is 1. The summed E-state index contributed by atoms with van der Waals surface area (Å²) in [4.78, 5) is 16.8. The Morgan fingerprint density at radius 3 is 2.45 bits per heavy atom. The second-order valence-electron chi connectivity index (χ2n) is 6.69. The number of anilines is 1. The van der Waals surface area contributed by atoms with E-state index in [1.165, 1.54) is 11.8 Å². The lowest BCUT2D eigenvalue weighted by molar-refractivity contribution is -0.113. The molecule has 0 atom stereocenters. The van der Waals surface area contributed by atoms with Gasteiger partial charge in [0, 0.05) is 30.2 Å². The van der Waals surface area contributed by atoms with Crippen LogP contribution in [0.5, 0.6) is 0 Å². The van der Waals surface area contributed by atoms with Gasteiger partial charge in [0.1, 0.15) is 0 Å². The van der Waals surface area contributed by atoms with Crippen molar-refractivity contribution in [3.63, 3.8) is 0 Å². The summed E-state index contributed by atoms with van der Waals surface area (Å²) in [5.74, 6) is 1.04. The van der Waals surface area contributed by atoms with Gasteiger partial charge < -0.3 is 9.88 Å². The van der Waals surface area contributed by atoms with Crippen molar-refractivity contribution in [3.05, 3.63) is 53.9 Å². The summed E-state index contributed by atoms with van der Waals surface area (Å²) in [5, 5.41) is 12.5. The fraction of sp³-hybridized carbons (Fsp3) is 0.364. The molecule has 1 N–H and O–H groups in total. The SMILES string of the molecule is CCCn1c(SCC(=O)Nc2c(CC)cccc2CC)nnc1-c1cccnc1. The Labute approximate surface area is 176 Å². The van der Waals surface area contributed by atoms with E-state index >= 15 is 0 Å². The van der Waals surface area contributed by atoms with Crippen LogP contribution in [0.1, 0.15) is 38.3 Å². The van der Waals surface area contributed by atoms with Crippen molar-refractivity contribution in [1.82, 2.24) is 19.7 Å². The number of amides is 1. The fourth-order valence-electron chi connectivity index (χ4n) is 3.24. The van der Waals surface area contributed by atoms with Crippen molar-refractivity contribution in [2.75, 3.05) is 11.1 Å². The van der Waals surface area contributed by atoms with Gasteiger partial charge in [0.15, 0.2) is 11.0 Å². The van der Waals surface area contributed by atoms with Crippen LogP contribution in [-0.4, -0.2) is 31.4 Å². The van der Waals surface area contributed by atoms with Crippen LogP contribution in [0.25, 0.3) is 11.4 Å². The van der Waals surface area contributed by atoms with Gasteiger partial charge in [0.05, 0.1) is 5.75 Å². The summed E-state index contributed by atoms with van der Waals surface area (Å²) in [5.41, 5.74) is 4.20. The Hall–Kier alpha value is -2.67.